The molecule has 7 heteroatoms. The number of rotatable bonds is 5. The summed E-state index contributed by atoms with van der Waals surface area (Å²) in [6, 6.07) is 5.18. The van der Waals surface area contributed by atoms with Crippen LogP contribution in [0.1, 0.15) is 13.3 Å². The molecular formula is C12H17N5O2. The van der Waals surface area contributed by atoms with Crippen LogP contribution in [0.2, 0.25) is 0 Å². The first kappa shape index (κ1) is 13.3. The standard InChI is InChI=1S/C12H17N5O2/c1-3-9(8-19-2)13-12(18)14-11-16-15-10-6-4-5-7-17(10)11/h4-7,9H,3,8H2,1-2H3,(H2,13,14,16,18). The molecule has 2 aromatic heterocycles. The van der Waals surface area contributed by atoms with Gasteiger partial charge in [-0.15, -0.1) is 10.2 Å². The minimum Gasteiger partial charge on any atom is -0.383 e. The predicted molar refractivity (Wildman–Crippen MR) is 71.1 cm³/mol. The summed E-state index contributed by atoms with van der Waals surface area (Å²) >= 11 is 0. The summed E-state index contributed by atoms with van der Waals surface area (Å²) in [7, 11) is 1.61. The molecule has 0 aliphatic rings. The number of nitrogens with one attached hydrogen (secondary N) is 2. The van der Waals surface area contributed by atoms with E-state index in [0.29, 0.717) is 18.2 Å². The van der Waals surface area contributed by atoms with Crippen molar-refractivity contribution in [2.45, 2.75) is 19.4 Å². The number of hydrogen-bond donors (Lipinski definition) is 2. The first-order chi connectivity index (χ1) is 9.24. The first-order valence-corrected chi connectivity index (χ1v) is 6.10. The Morgan fingerprint density at radius 1 is 1.47 bits per heavy atom. The first-order valence-electron chi connectivity index (χ1n) is 6.10. The van der Waals surface area contributed by atoms with Crippen molar-refractivity contribution in [1.82, 2.24) is 19.9 Å². The molecule has 19 heavy (non-hydrogen) atoms. The van der Waals surface area contributed by atoms with Crippen molar-refractivity contribution in [3.63, 3.8) is 0 Å². The van der Waals surface area contributed by atoms with Crippen molar-refractivity contribution in [2.75, 3.05) is 19.0 Å². The topological polar surface area (TPSA) is 80.5 Å². The van der Waals surface area contributed by atoms with Crippen LogP contribution in [0.4, 0.5) is 10.7 Å². The minimum absolute atomic E-state index is 0.0239. The second-order valence-electron chi connectivity index (χ2n) is 4.11. The van der Waals surface area contributed by atoms with E-state index in [1.54, 1.807) is 17.7 Å². The Labute approximate surface area is 111 Å². The number of methoxy groups -OCH3 is 1. The average Bonchev–Trinajstić information content (AvgIpc) is 2.82. The summed E-state index contributed by atoms with van der Waals surface area (Å²) in [6.45, 7) is 2.46. The summed E-state index contributed by atoms with van der Waals surface area (Å²) in [4.78, 5) is 11.8. The molecule has 0 aliphatic heterocycles. The maximum Gasteiger partial charge on any atom is 0.321 e. The van der Waals surface area contributed by atoms with Crippen LogP contribution in [0.25, 0.3) is 5.65 Å². The molecule has 102 valence electrons. The molecule has 0 radical (unpaired) electrons. The van der Waals surface area contributed by atoms with Crippen LogP contribution in [-0.2, 0) is 4.74 Å². The van der Waals surface area contributed by atoms with Crippen LogP contribution < -0.4 is 10.6 Å². The Balaban J connectivity index is 2.02. The highest BCUT2D eigenvalue weighted by atomic mass is 16.5. The van der Waals surface area contributed by atoms with Crippen molar-refractivity contribution < 1.29 is 9.53 Å². The van der Waals surface area contributed by atoms with E-state index in [-0.39, 0.29) is 12.1 Å². The van der Waals surface area contributed by atoms with Crippen molar-refractivity contribution in [2.24, 2.45) is 0 Å². The molecule has 1 unspecified atom stereocenters. The van der Waals surface area contributed by atoms with Crippen LogP contribution >= 0.6 is 0 Å². The van der Waals surface area contributed by atoms with E-state index in [1.807, 2.05) is 25.1 Å². The lowest BCUT2D eigenvalue weighted by molar-refractivity contribution is 0.165. The summed E-state index contributed by atoms with van der Waals surface area (Å²) in [5.41, 5.74) is 0.682. The van der Waals surface area contributed by atoms with Crippen LogP contribution in [-0.4, -0.2) is 40.4 Å². The molecule has 2 heterocycles. The quantitative estimate of drug-likeness (QED) is 0.851. The lowest BCUT2D eigenvalue weighted by Crippen LogP contribution is -2.40. The molecule has 0 saturated heterocycles. The Hall–Kier alpha value is -2.15. The molecule has 7 nitrogen and oxygen atoms in total. The number of hydrogen-bond acceptors (Lipinski definition) is 4. The normalized spacial score (nSPS) is 12.3. The van der Waals surface area contributed by atoms with E-state index in [1.165, 1.54) is 0 Å². The molecule has 2 N–H and O–H groups in total. The van der Waals surface area contributed by atoms with Crippen LogP contribution in [0, 0.1) is 0 Å². The molecule has 2 rings (SSSR count). The van der Waals surface area contributed by atoms with Gasteiger partial charge >= 0.3 is 6.03 Å². The summed E-state index contributed by atoms with van der Waals surface area (Å²) in [6.07, 6.45) is 2.58. The molecule has 0 aromatic carbocycles. The monoisotopic (exact) mass is 263 g/mol. The highest BCUT2D eigenvalue weighted by Crippen LogP contribution is 2.07. The number of aromatic nitrogens is 3. The fourth-order valence-electron chi connectivity index (χ4n) is 1.71. The highest BCUT2D eigenvalue weighted by molar-refractivity contribution is 5.87. The second-order valence-corrected chi connectivity index (χ2v) is 4.11. The highest BCUT2D eigenvalue weighted by Gasteiger charge is 2.12. The number of anilines is 1. The number of amides is 2. The van der Waals surface area contributed by atoms with Gasteiger partial charge in [-0.2, -0.15) is 0 Å². The third-order valence-electron chi connectivity index (χ3n) is 2.73. The third kappa shape index (κ3) is 3.19. The van der Waals surface area contributed by atoms with Crippen molar-refractivity contribution in [3.8, 4) is 0 Å². The Kier molecular flexibility index (Phi) is 4.30. The molecule has 2 amide bonds. The zero-order chi connectivity index (χ0) is 13.7. The second kappa shape index (κ2) is 6.14. The zero-order valence-corrected chi connectivity index (χ0v) is 11.0. The van der Waals surface area contributed by atoms with Crippen molar-refractivity contribution >= 4 is 17.6 Å². The zero-order valence-electron chi connectivity index (χ0n) is 11.0. The summed E-state index contributed by atoms with van der Waals surface area (Å²) in [5.74, 6) is 0.389. The number of nitrogens with zero attached hydrogens (tertiary/aromatic N) is 3. The molecule has 0 fully saturated rings. The summed E-state index contributed by atoms with van der Waals surface area (Å²) < 4.78 is 6.73. The Morgan fingerprint density at radius 2 is 2.32 bits per heavy atom. The van der Waals surface area contributed by atoms with Gasteiger partial charge < -0.3 is 10.1 Å². The number of fused-ring (bicyclic) bond motifs is 1. The van der Waals surface area contributed by atoms with Gasteiger partial charge in [-0.1, -0.05) is 13.0 Å². The van der Waals surface area contributed by atoms with Gasteiger partial charge in [0, 0.05) is 13.3 Å². The van der Waals surface area contributed by atoms with E-state index >= 15 is 0 Å². The van der Waals surface area contributed by atoms with Crippen molar-refractivity contribution in [3.05, 3.63) is 24.4 Å². The fourth-order valence-corrected chi connectivity index (χ4v) is 1.71. The van der Waals surface area contributed by atoms with E-state index in [2.05, 4.69) is 20.8 Å². The van der Waals surface area contributed by atoms with E-state index in [9.17, 15) is 4.79 Å². The van der Waals surface area contributed by atoms with Gasteiger partial charge in [-0.3, -0.25) is 9.72 Å². The Morgan fingerprint density at radius 3 is 3.05 bits per heavy atom. The van der Waals surface area contributed by atoms with E-state index in [0.717, 1.165) is 6.42 Å². The predicted octanol–water partition coefficient (Wildman–Crippen LogP) is 1.28. The van der Waals surface area contributed by atoms with Crippen LogP contribution in [0.3, 0.4) is 0 Å². The van der Waals surface area contributed by atoms with Crippen molar-refractivity contribution in [1.29, 1.82) is 0 Å². The third-order valence-corrected chi connectivity index (χ3v) is 2.73. The molecule has 1 atom stereocenters. The Bertz CT molecular complexity index is 554. The number of carbonyl (C=O) groups is 1. The number of carbonyl (C=O) groups excluding carboxylic acids is 1. The van der Waals surface area contributed by atoms with Gasteiger partial charge in [0.1, 0.15) is 0 Å². The van der Waals surface area contributed by atoms with Crippen LogP contribution in [0.5, 0.6) is 0 Å². The van der Waals surface area contributed by atoms with E-state index in [4.69, 9.17) is 4.74 Å². The van der Waals surface area contributed by atoms with E-state index < -0.39 is 0 Å². The molecule has 2 aromatic rings. The summed E-state index contributed by atoms with van der Waals surface area (Å²) in [5, 5.41) is 13.4. The van der Waals surface area contributed by atoms with Gasteiger partial charge in [0.15, 0.2) is 5.65 Å². The number of ether oxygens (including phenoxy) is 1. The molecule has 0 spiro atoms. The minimum atomic E-state index is -0.318. The maximum absolute atomic E-state index is 11.8. The SMILES string of the molecule is CCC(COC)NC(=O)Nc1nnc2ccccn12. The number of pyridine rings is 1. The fraction of sp³-hybridized carbons (Fsp3) is 0.417. The van der Waals surface area contributed by atoms with Gasteiger partial charge in [0.05, 0.1) is 12.6 Å². The van der Waals surface area contributed by atoms with Crippen LogP contribution in [0.15, 0.2) is 24.4 Å². The lowest BCUT2D eigenvalue weighted by atomic mass is 10.2. The van der Waals surface area contributed by atoms with Gasteiger partial charge in [0.2, 0.25) is 5.95 Å². The maximum atomic E-state index is 11.8. The molecule has 0 bridgehead atoms. The van der Waals surface area contributed by atoms with Gasteiger partial charge in [-0.05, 0) is 18.6 Å². The average molecular weight is 263 g/mol. The van der Waals surface area contributed by atoms with Gasteiger partial charge in [-0.25, -0.2) is 4.79 Å². The molecule has 0 aliphatic carbocycles. The smallest absolute Gasteiger partial charge is 0.321 e. The largest absolute Gasteiger partial charge is 0.383 e. The molecule has 0 saturated carbocycles. The number of urea groups is 1. The lowest BCUT2D eigenvalue weighted by Gasteiger charge is -2.15. The molecular weight excluding hydrogens is 246 g/mol. The van der Waals surface area contributed by atoms with Gasteiger partial charge in [0.25, 0.3) is 0 Å².